The van der Waals surface area contributed by atoms with Crippen LogP contribution in [0.3, 0.4) is 0 Å². The Morgan fingerprint density at radius 1 is 1.00 bits per heavy atom. The van der Waals surface area contributed by atoms with Crippen molar-refractivity contribution in [3.8, 4) is 0 Å². The van der Waals surface area contributed by atoms with Gasteiger partial charge in [-0.05, 0) is 48.6 Å². The summed E-state index contributed by atoms with van der Waals surface area (Å²) in [5.41, 5.74) is 2.59. The van der Waals surface area contributed by atoms with E-state index in [1.165, 1.54) is 5.56 Å². The minimum atomic E-state index is 0.00204. The molecule has 3 rings (SSSR count). The molecule has 1 saturated heterocycles. The average Bonchev–Trinajstić information content (AvgIpc) is 3.11. The SMILES string of the molecule is CCC(C)c1ccc(C(=O)N2CCCN(C(=O)c3ccc[nH]3)CC2)cc1. The summed E-state index contributed by atoms with van der Waals surface area (Å²) in [7, 11) is 0. The molecular formula is C21H27N3O2. The second-order valence-electron chi connectivity index (χ2n) is 6.95. The summed E-state index contributed by atoms with van der Waals surface area (Å²) in [5, 5.41) is 0. The first kappa shape index (κ1) is 18.2. The fourth-order valence-corrected chi connectivity index (χ4v) is 3.33. The number of hydrogen-bond donors (Lipinski definition) is 1. The Hall–Kier alpha value is -2.56. The molecular weight excluding hydrogens is 326 g/mol. The summed E-state index contributed by atoms with van der Waals surface area (Å²) < 4.78 is 0. The number of rotatable bonds is 4. The Balaban J connectivity index is 1.63. The van der Waals surface area contributed by atoms with E-state index in [-0.39, 0.29) is 11.8 Å². The van der Waals surface area contributed by atoms with Crippen LogP contribution in [0.4, 0.5) is 0 Å². The Kier molecular flexibility index (Phi) is 5.76. The van der Waals surface area contributed by atoms with Crippen molar-refractivity contribution < 1.29 is 9.59 Å². The summed E-state index contributed by atoms with van der Waals surface area (Å²) in [6.07, 6.45) is 3.64. The molecule has 138 valence electrons. The molecule has 0 spiro atoms. The van der Waals surface area contributed by atoms with Gasteiger partial charge in [-0.15, -0.1) is 0 Å². The predicted molar refractivity (Wildman–Crippen MR) is 102 cm³/mol. The molecule has 0 aliphatic carbocycles. The van der Waals surface area contributed by atoms with Crippen molar-refractivity contribution in [1.29, 1.82) is 0 Å². The largest absolute Gasteiger partial charge is 0.357 e. The van der Waals surface area contributed by atoms with Gasteiger partial charge in [0.2, 0.25) is 0 Å². The van der Waals surface area contributed by atoms with Crippen molar-refractivity contribution >= 4 is 11.8 Å². The monoisotopic (exact) mass is 353 g/mol. The molecule has 1 aliphatic heterocycles. The maximum absolute atomic E-state index is 12.8. The highest BCUT2D eigenvalue weighted by Gasteiger charge is 2.23. The van der Waals surface area contributed by atoms with Crippen LogP contribution < -0.4 is 0 Å². The van der Waals surface area contributed by atoms with Gasteiger partial charge in [0.15, 0.2) is 0 Å². The fraction of sp³-hybridized carbons (Fsp3) is 0.429. The van der Waals surface area contributed by atoms with Gasteiger partial charge in [0.1, 0.15) is 5.69 Å². The molecule has 5 nitrogen and oxygen atoms in total. The smallest absolute Gasteiger partial charge is 0.270 e. The number of H-pyrrole nitrogens is 1. The topological polar surface area (TPSA) is 56.4 Å². The number of aromatic nitrogens is 1. The summed E-state index contributed by atoms with van der Waals surface area (Å²) in [4.78, 5) is 32.0. The molecule has 0 saturated carbocycles. The normalized spacial score (nSPS) is 16.2. The average molecular weight is 353 g/mol. The molecule has 1 aliphatic rings. The van der Waals surface area contributed by atoms with E-state index in [1.807, 2.05) is 28.0 Å². The number of amides is 2. The standard InChI is InChI=1S/C21H27N3O2/c1-3-16(2)17-7-9-18(10-8-17)20(25)23-12-5-13-24(15-14-23)21(26)19-6-4-11-22-19/h4,6-11,16,22H,3,5,12-15H2,1-2H3. The zero-order valence-corrected chi connectivity index (χ0v) is 15.6. The lowest BCUT2D eigenvalue weighted by atomic mass is 9.97. The van der Waals surface area contributed by atoms with Crippen LogP contribution in [0.25, 0.3) is 0 Å². The Bertz CT molecular complexity index is 737. The van der Waals surface area contributed by atoms with Crippen LogP contribution in [0.15, 0.2) is 42.6 Å². The van der Waals surface area contributed by atoms with E-state index in [0.29, 0.717) is 37.8 Å². The highest BCUT2D eigenvalue weighted by atomic mass is 16.2. The molecule has 2 aromatic rings. The summed E-state index contributed by atoms with van der Waals surface area (Å²) >= 11 is 0. The van der Waals surface area contributed by atoms with Gasteiger partial charge in [-0.2, -0.15) is 0 Å². The molecule has 1 aromatic heterocycles. The van der Waals surface area contributed by atoms with Crippen LogP contribution in [0.5, 0.6) is 0 Å². The minimum absolute atomic E-state index is 0.00204. The number of carbonyl (C=O) groups excluding carboxylic acids is 2. The zero-order chi connectivity index (χ0) is 18.5. The van der Waals surface area contributed by atoms with Crippen molar-refractivity contribution in [1.82, 2.24) is 14.8 Å². The van der Waals surface area contributed by atoms with Crippen LogP contribution in [0, 0.1) is 0 Å². The number of nitrogens with zero attached hydrogens (tertiary/aromatic N) is 2. The van der Waals surface area contributed by atoms with Gasteiger partial charge in [0, 0.05) is 37.9 Å². The van der Waals surface area contributed by atoms with Crippen LogP contribution >= 0.6 is 0 Å². The lowest BCUT2D eigenvalue weighted by Gasteiger charge is -2.22. The van der Waals surface area contributed by atoms with Crippen molar-refractivity contribution in [3.05, 3.63) is 59.4 Å². The number of nitrogens with one attached hydrogen (secondary N) is 1. The molecule has 1 unspecified atom stereocenters. The van der Waals surface area contributed by atoms with E-state index in [1.54, 1.807) is 12.3 Å². The molecule has 0 radical (unpaired) electrons. The van der Waals surface area contributed by atoms with Crippen LogP contribution in [0.1, 0.15) is 59.0 Å². The van der Waals surface area contributed by atoms with Gasteiger partial charge < -0.3 is 14.8 Å². The van der Waals surface area contributed by atoms with Crippen LogP contribution in [-0.4, -0.2) is 52.8 Å². The molecule has 5 heteroatoms. The van der Waals surface area contributed by atoms with Crippen molar-refractivity contribution in [3.63, 3.8) is 0 Å². The quantitative estimate of drug-likeness (QED) is 0.914. The summed E-state index contributed by atoms with van der Waals surface area (Å²) in [6.45, 7) is 6.85. The first-order valence-electron chi connectivity index (χ1n) is 9.42. The number of carbonyl (C=O) groups is 2. The van der Waals surface area contributed by atoms with Gasteiger partial charge in [-0.3, -0.25) is 9.59 Å². The Labute approximate surface area is 155 Å². The number of aromatic amines is 1. The maximum atomic E-state index is 12.8. The van der Waals surface area contributed by atoms with E-state index >= 15 is 0 Å². The molecule has 1 N–H and O–H groups in total. The van der Waals surface area contributed by atoms with E-state index in [0.717, 1.165) is 18.4 Å². The van der Waals surface area contributed by atoms with Crippen molar-refractivity contribution in [2.75, 3.05) is 26.2 Å². The lowest BCUT2D eigenvalue weighted by molar-refractivity contribution is 0.0716. The highest BCUT2D eigenvalue weighted by molar-refractivity contribution is 5.95. The number of benzene rings is 1. The van der Waals surface area contributed by atoms with E-state index < -0.39 is 0 Å². The second-order valence-corrected chi connectivity index (χ2v) is 6.95. The first-order valence-corrected chi connectivity index (χ1v) is 9.42. The maximum Gasteiger partial charge on any atom is 0.270 e. The fourth-order valence-electron chi connectivity index (χ4n) is 3.33. The third-order valence-electron chi connectivity index (χ3n) is 5.24. The molecule has 2 heterocycles. The predicted octanol–water partition coefficient (Wildman–Crippen LogP) is 3.52. The highest BCUT2D eigenvalue weighted by Crippen LogP contribution is 2.20. The lowest BCUT2D eigenvalue weighted by Crippen LogP contribution is -2.37. The van der Waals surface area contributed by atoms with Gasteiger partial charge in [-0.25, -0.2) is 0 Å². The van der Waals surface area contributed by atoms with Crippen LogP contribution in [-0.2, 0) is 0 Å². The molecule has 1 atom stereocenters. The molecule has 26 heavy (non-hydrogen) atoms. The Morgan fingerprint density at radius 2 is 1.65 bits per heavy atom. The molecule has 1 fully saturated rings. The van der Waals surface area contributed by atoms with Crippen LogP contribution in [0.2, 0.25) is 0 Å². The molecule has 1 aromatic carbocycles. The third-order valence-corrected chi connectivity index (χ3v) is 5.24. The van der Waals surface area contributed by atoms with Gasteiger partial charge in [0.25, 0.3) is 11.8 Å². The van der Waals surface area contributed by atoms with Gasteiger partial charge >= 0.3 is 0 Å². The van der Waals surface area contributed by atoms with Crippen molar-refractivity contribution in [2.24, 2.45) is 0 Å². The van der Waals surface area contributed by atoms with Gasteiger partial charge in [0.05, 0.1) is 0 Å². The van der Waals surface area contributed by atoms with E-state index in [2.05, 4.69) is 31.0 Å². The van der Waals surface area contributed by atoms with Gasteiger partial charge in [-0.1, -0.05) is 26.0 Å². The molecule has 0 bridgehead atoms. The number of hydrogen-bond acceptors (Lipinski definition) is 2. The van der Waals surface area contributed by atoms with Crippen molar-refractivity contribution in [2.45, 2.75) is 32.6 Å². The summed E-state index contributed by atoms with van der Waals surface area (Å²) in [6, 6.07) is 11.6. The Morgan fingerprint density at radius 3 is 2.23 bits per heavy atom. The van der Waals surface area contributed by atoms with E-state index in [9.17, 15) is 9.59 Å². The third kappa shape index (κ3) is 3.98. The molecule has 2 amide bonds. The summed E-state index contributed by atoms with van der Waals surface area (Å²) in [5.74, 6) is 0.557. The zero-order valence-electron chi connectivity index (χ0n) is 15.6. The second kappa shape index (κ2) is 8.21. The van der Waals surface area contributed by atoms with E-state index in [4.69, 9.17) is 0 Å². The minimum Gasteiger partial charge on any atom is -0.357 e. The first-order chi connectivity index (χ1) is 12.6.